The molecule has 0 saturated heterocycles. The predicted octanol–water partition coefficient (Wildman–Crippen LogP) is 3.49. The van der Waals surface area contributed by atoms with Crippen molar-refractivity contribution in [3.63, 3.8) is 0 Å². The van der Waals surface area contributed by atoms with Crippen LogP contribution in [0, 0.1) is 13.8 Å². The van der Waals surface area contributed by atoms with E-state index in [1.54, 1.807) is 39.0 Å². The summed E-state index contributed by atoms with van der Waals surface area (Å²) in [6, 6.07) is 6.08. The van der Waals surface area contributed by atoms with E-state index < -0.39 is 12.8 Å². The molecular formula is C20H22F3N3O3. The van der Waals surface area contributed by atoms with Gasteiger partial charge in [0.15, 0.2) is 6.61 Å². The van der Waals surface area contributed by atoms with Crippen molar-refractivity contribution in [2.75, 3.05) is 6.61 Å². The molecule has 9 heteroatoms. The third kappa shape index (κ3) is 7.17. The summed E-state index contributed by atoms with van der Waals surface area (Å²) in [6.45, 7) is 3.85. The SMILES string of the molecule is CCC(=O)Cc1cc(C(=O)NCc2ccc(OCC(F)(F)F)nc2C)cc(C)n1. The van der Waals surface area contributed by atoms with Crippen molar-refractivity contribution in [1.82, 2.24) is 15.3 Å². The fraction of sp³-hybridized carbons (Fsp3) is 0.400. The molecule has 1 amide bonds. The van der Waals surface area contributed by atoms with Gasteiger partial charge in [-0.3, -0.25) is 14.6 Å². The summed E-state index contributed by atoms with van der Waals surface area (Å²) in [7, 11) is 0. The lowest BCUT2D eigenvalue weighted by Crippen LogP contribution is -2.24. The number of hydrogen-bond acceptors (Lipinski definition) is 5. The Morgan fingerprint density at radius 3 is 2.48 bits per heavy atom. The highest BCUT2D eigenvalue weighted by Gasteiger charge is 2.28. The van der Waals surface area contributed by atoms with Gasteiger partial charge in [-0.25, -0.2) is 4.98 Å². The van der Waals surface area contributed by atoms with Crippen LogP contribution in [0.3, 0.4) is 0 Å². The molecule has 1 N–H and O–H groups in total. The highest BCUT2D eigenvalue weighted by molar-refractivity contribution is 5.94. The molecule has 0 aliphatic heterocycles. The van der Waals surface area contributed by atoms with Crippen LogP contribution in [0.15, 0.2) is 24.3 Å². The first kappa shape index (κ1) is 22.3. The summed E-state index contributed by atoms with van der Waals surface area (Å²) in [5, 5.41) is 2.74. The van der Waals surface area contributed by atoms with Gasteiger partial charge >= 0.3 is 6.18 Å². The Morgan fingerprint density at radius 1 is 1.14 bits per heavy atom. The first-order valence-electron chi connectivity index (χ1n) is 9.01. The molecule has 0 radical (unpaired) electrons. The normalized spacial score (nSPS) is 11.2. The van der Waals surface area contributed by atoms with Crippen molar-refractivity contribution in [3.8, 4) is 5.88 Å². The van der Waals surface area contributed by atoms with Crippen LogP contribution in [-0.4, -0.2) is 34.4 Å². The maximum absolute atomic E-state index is 12.5. The highest BCUT2D eigenvalue weighted by atomic mass is 19.4. The number of aryl methyl sites for hydroxylation is 2. The first-order valence-corrected chi connectivity index (χ1v) is 9.01. The zero-order valence-electron chi connectivity index (χ0n) is 16.4. The Bertz CT molecular complexity index is 898. The number of halogens is 3. The van der Waals surface area contributed by atoms with Crippen molar-refractivity contribution < 1.29 is 27.5 Å². The van der Waals surface area contributed by atoms with Crippen LogP contribution >= 0.6 is 0 Å². The summed E-state index contributed by atoms with van der Waals surface area (Å²) >= 11 is 0. The quantitative estimate of drug-likeness (QED) is 0.722. The van der Waals surface area contributed by atoms with Crippen molar-refractivity contribution in [1.29, 1.82) is 0 Å². The maximum Gasteiger partial charge on any atom is 0.422 e. The van der Waals surface area contributed by atoms with Crippen LogP contribution in [0.1, 0.15) is 46.3 Å². The molecule has 0 unspecified atom stereocenters. The fourth-order valence-corrected chi connectivity index (χ4v) is 2.55. The van der Waals surface area contributed by atoms with E-state index in [0.29, 0.717) is 34.6 Å². The van der Waals surface area contributed by atoms with Gasteiger partial charge in [-0.05, 0) is 31.5 Å². The second kappa shape index (κ2) is 9.49. The van der Waals surface area contributed by atoms with E-state index in [4.69, 9.17) is 0 Å². The van der Waals surface area contributed by atoms with E-state index in [2.05, 4.69) is 20.0 Å². The molecule has 29 heavy (non-hydrogen) atoms. The van der Waals surface area contributed by atoms with Gasteiger partial charge in [0.2, 0.25) is 5.88 Å². The number of nitrogens with zero attached hydrogens (tertiary/aromatic N) is 2. The second-order valence-electron chi connectivity index (χ2n) is 6.54. The lowest BCUT2D eigenvalue weighted by atomic mass is 10.1. The number of amides is 1. The molecule has 0 fully saturated rings. The van der Waals surface area contributed by atoms with Gasteiger partial charge in [0.1, 0.15) is 5.78 Å². The van der Waals surface area contributed by atoms with Gasteiger partial charge in [0.05, 0.1) is 0 Å². The topological polar surface area (TPSA) is 81.2 Å². The molecule has 0 aromatic carbocycles. The van der Waals surface area contributed by atoms with Crippen LogP contribution < -0.4 is 10.1 Å². The van der Waals surface area contributed by atoms with E-state index in [9.17, 15) is 22.8 Å². The second-order valence-corrected chi connectivity index (χ2v) is 6.54. The van der Waals surface area contributed by atoms with E-state index >= 15 is 0 Å². The third-order valence-corrected chi connectivity index (χ3v) is 4.03. The summed E-state index contributed by atoms with van der Waals surface area (Å²) in [4.78, 5) is 32.4. The number of hydrogen-bond donors (Lipinski definition) is 1. The number of ketones is 1. The summed E-state index contributed by atoms with van der Waals surface area (Å²) in [6.07, 6.45) is -3.88. The van der Waals surface area contributed by atoms with Crippen molar-refractivity contribution in [2.24, 2.45) is 0 Å². The minimum atomic E-state index is -4.44. The number of ether oxygens (including phenoxy) is 1. The molecule has 0 aliphatic carbocycles. The maximum atomic E-state index is 12.5. The number of pyridine rings is 2. The summed E-state index contributed by atoms with van der Waals surface area (Å²) < 4.78 is 41.3. The number of rotatable bonds is 8. The van der Waals surface area contributed by atoms with Gasteiger partial charge in [0, 0.05) is 48.1 Å². The molecule has 156 valence electrons. The molecule has 0 atom stereocenters. The lowest BCUT2D eigenvalue weighted by molar-refractivity contribution is -0.154. The molecule has 2 aromatic rings. The molecule has 0 spiro atoms. The summed E-state index contributed by atoms with van der Waals surface area (Å²) in [5.74, 6) is -0.452. The van der Waals surface area contributed by atoms with Gasteiger partial charge < -0.3 is 10.1 Å². The van der Waals surface area contributed by atoms with Gasteiger partial charge in [-0.2, -0.15) is 13.2 Å². The van der Waals surface area contributed by atoms with Gasteiger partial charge in [-0.1, -0.05) is 13.0 Å². The van der Waals surface area contributed by atoms with E-state index in [0.717, 1.165) is 0 Å². The average molecular weight is 409 g/mol. The number of carbonyl (C=O) groups is 2. The first-order chi connectivity index (χ1) is 13.6. The smallest absolute Gasteiger partial charge is 0.422 e. The highest BCUT2D eigenvalue weighted by Crippen LogP contribution is 2.18. The van der Waals surface area contributed by atoms with Crippen molar-refractivity contribution in [2.45, 2.75) is 46.3 Å². The standard InChI is InChI=1S/C20H22F3N3O3/c1-4-17(27)9-16-8-15(7-12(2)25-16)19(28)24-10-14-5-6-18(26-13(14)3)29-11-20(21,22)23/h5-8H,4,9-11H2,1-3H3,(H,24,28). The average Bonchev–Trinajstić information content (AvgIpc) is 2.64. The lowest BCUT2D eigenvalue weighted by Gasteiger charge is -2.12. The molecule has 2 rings (SSSR count). The van der Waals surface area contributed by atoms with E-state index in [1.807, 2.05) is 0 Å². The Morgan fingerprint density at radius 2 is 1.86 bits per heavy atom. The van der Waals surface area contributed by atoms with E-state index in [1.165, 1.54) is 6.07 Å². The predicted molar refractivity (Wildman–Crippen MR) is 99.7 cm³/mol. The van der Waals surface area contributed by atoms with Crippen molar-refractivity contribution in [3.05, 3.63) is 52.5 Å². The zero-order chi connectivity index (χ0) is 21.6. The number of carbonyl (C=O) groups excluding carboxylic acids is 2. The van der Waals surface area contributed by atoms with Crippen molar-refractivity contribution >= 4 is 11.7 Å². The number of aromatic nitrogens is 2. The number of nitrogens with one attached hydrogen (secondary N) is 1. The minimum Gasteiger partial charge on any atom is -0.468 e. The van der Waals surface area contributed by atoms with E-state index in [-0.39, 0.29) is 30.5 Å². The molecular weight excluding hydrogens is 387 g/mol. The molecule has 0 aliphatic rings. The van der Waals surface area contributed by atoms with Gasteiger partial charge in [-0.15, -0.1) is 0 Å². The molecule has 2 aromatic heterocycles. The Kier molecular flexibility index (Phi) is 7.30. The van der Waals surface area contributed by atoms with Crippen LogP contribution in [-0.2, 0) is 17.8 Å². The third-order valence-electron chi connectivity index (χ3n) is 4.03. The van der Waals surface area contributed by atoms with Crippen LogP contribution in [0.25, 0.3) is 0 Å². The monoisotopic (exact) mass is 409 g/mol. The van der Waals surface area contributed by atoms with Crippen LogP contribution in [0.5, 0.6) is 5.88 Å². The molecule has 2 heterocycles. The molecule has 0 saturated carbocycles. The molecule has 6 nitrogen and oxygen atoms in total. The zero-order valence-corrected chi connectivity index (χ0v) is 16.4. The largest absolute Gasteiger partial charge is 0.468 e. The Labute approximate surface area is 166 Å². The van der Waals surface area contributed by atoms with Crippen LogP contribution in [0.4, 0.5) is 13.2 Å². The number of alkyl halides is 3. The Hall–Kier alpha value is -2.97. The summed E-state index contributed by atoms with van der Waals surface area (Å²) in [5.41, 5.74) is 2.63. The van der Waals surface area contributed by atoms with Gasteiger partial charge in [0.25, 0.3) is 5.91 Å². The number of Topliss-reactive ketones (excluding diaryl/α,β-unsaturated/α-hetero) is 1. The minimum absolute atomic E-state index is 0.0315. The Balaban J connectivity index is 2.02. The fourth-order valence-electron chi connectivity index (χ4n) is 2.55. The molecule has 0 bridgehead atoms. The van der Waals surface area contributed by atoms with Crippen LogP contribution in [0.2, 0.25) is 0 Å².